The lowest BCUT2D eigenvalue weighted by atomic mass is 9.98. The van der Waals surface area contributed by atoms with Gasteiger partial charge in [-0.15, -0.1) is 5.10 Å². The normalized spacial score (nSPS) is 17.3. The predicted molar refractivity (Wildman–Crippen MR) is 99.2 cm³/mol. The number of aryl methyl sites for hydroxylation is 1. The fourth-order valence-electron chi connectivity index (χ4n) is 3.51. The zero-order chi connectivity index (χ0) is 17.9. The molecule has 1 fully saturated rings. The Bertz CT molecular complexity index is 871. The maximum Gasteiger partial charge on any atom is 0.323 e. The lowest BCUT2D eigenvalue weighted by molar-refractivity contribution is 0.163. The SMILES string of the molecule is Cc1cc(NC(=O)N2CCCCC2c2cn[nH]c2)nn1-c1ccccc1. The van der Waals surface area contributed by atoms with Gasteiger partial charge in [-0.3, -0.25) is 10.4 Å². The lowest BCUT2D eigenvalue weighted by Gasteiger charge is -2.35. The number of carbonyl (C=O) groups is 1. The van der Waals surface area contributed by atoms with E-state index in [9.17, 15) is 4.79 Å². The van der Waals surface area contributed by atoms with Crippen LogP contribution in [0, 0.1) is 6.92 Å². The van der Waals surface area contributed by atoms with Crippen LogP contribution in [-0.4, -0.2) is 37.5 Å². The van der Waals surface area contributed by atoms with Gasteiger partial charge in [-0.1, -0.05) is 18.2 Å². The minimum Gasteiger partial charge on any atom is -0.317 e. The molecule has 7 nitrogen and oxygen atoms in total. The number of benzene rings is 1. The van der Waals surface area contributed by atoms with Crippen LogP contribution in [0.15, 0.2) is 48.8 Å². The van der Waals surface area contributed by atoms with Crippen molar-refractivity contribution in [1.29, 1.82) is 0 Å². The Morgan fingerprint density at radius 1 is 1.27 bits per heavy atom. The van der Waals surface area contributed by atoms with E-state index < -0.39 is 0 Å². The van der Waals surface area contributed by atoms with Crippen molar-refractivity contribution >= 4 is 11.8 Å². The smallest absolute Gasteiger partial charge is 0.317 e. The van der Waals surface area contributed by atoms with Gasteiger partial charge in [0, 0.05) is 30.1 Å². The summed E-state index contributed by atoms with van der Waals surface area (Å²) >= 11 is 0. The maximum absolute atomic E-state index is 12.9. The third-order valence-corrected chi connectivity index (χ3v) is 4.79. The quantitative estimate of drug-likeness (QED) is 0.756. The minimum absolute atomic E-state index is 0.0554. The average Bonchev–Trinajstić information content (AvgIpc) is 3.32. The second kappa shape index (κ2) is 7.03. The fourth-order valence-corrected chi connectivity index (χ4v) is 3.51. The van der Waals surface area contributed by atoms with Gasteiger partial charge in [-0.05, 0) is 38.3 Å². The molecule has 7 heteroatoms. The molecule has 1 unspecified atom stereocenters. The van der Waals surface area contributed by atoms with Crippen LogP contribution in [-0.2, 0) is 0 Å². The van der Waals surface area contributed by atoms with Crippen molar-refractivity contribution in [2.45, 2.75) is 32.2 Å². The maximum atomic E-state index is 12.9. The molecule has 1 aromatic carbocycles. The molecule has 0 radical (unpaired) electrons. The average molecular weight is 350 g/mol. The molecule has 1 aliphatic heterocycles. The van der Waals surface area contributed by atoms with Crippen molar-refractivity contribution in [2.24, 2.45) is 0 Å². The molecule has 2 aromatic heterocycles. The number of likely N-dealkylation sites (tertiary alicyclic amines) is 1. The number of anilines is 1. The van der Waals surface area contributed by atoms with Gasteiger partial charge in [0.05, 0.1) is 17.9 Å². The van der Waals surface area contributed by atoms with Crippen LogP contribution in [0.5, 0.6) is 0 Å². The van der Waals surface area contributed by atoms with E-state index in [4.69, 9.17) is 0 Å². The summed E-state index contributed by atoms with van der Waals surface area (Å²) in [5.41, 5.74) is 2.99. The standard InChI is InChI=1S/C19H22N6O/c1-14-11-18(23-25(14)16-7-3-2-4-8-16)22-19(26)24-10-6-5-9-17(24)15-12-20-21-13-15/h2-4,7-8,11-13,17H,5-6,9-10H2,1H3,(H,20,21)(H,22,23,26). The van der Waals surface area contributed by atoms with Crippen molar-refractivity contribution in [1.82, 2.24) is 24.9 Å². The number of hydrogen-bond donors (Lipinski definition) is 2. The Kier molecular flexibility index (Phi) is 4.43. The van der Waals surface area contributed by atoms with Gasteiger partial charge in [0.1, 0.15) is 0 Å². The molecule has 0 bridgehead atoms. The summed E-state index contributed by atoms with van der Waals surface area (Å²) in [4.78, 5) is 14.7. The summed E-state index contributed by atoms with van der Waals surface area (Å²) in [5, 5.41) is 14.4. The number of aromatic amines is 1. The number of rotatable bonds is 3. The van der Waals surface area contributed by atoms with Crippen LogP contribution < -0.4 is 5.32 Å². The summed E-state index contributed by atoms with van der Waals surface area (Å²) in [6.45, 7) is 2.71. The van der Waals surface area contributed by atoms with E-state index in [1.165, 1.54) is 0 Å². The van der Waals surface area contributed by atoms with Gasteiger partial charge < -0.3 is 4.90 Å². The predicted octanol–water partition coefficient (Wildman–Crippen LogP) is 3.66. The first-order valence-electron chi connectivity index (χ1n) is 8.91. The molecule has 3 heterocycles. The fraction of sp³-hybridized carbons (Fsp3) is 0.316. The van der Waals surface area contributed by atoms with Crippen molar-refractivity contribution in [3.8, 4) is 5.69 Å². The zero-order valence-electron chi connectivity index (χ0n) is 14.7. The highest BCUT2D eigenvalue weighted by molar-refractivity contribution is 5.88. The van der Waals surface area contributed by atoms with E-state index >= 15 is 0 Å². The second-order valence-electron chi connectivity index (χ2n) is 6.59. The van der Waals surface area contributed by atoms with Crippen LogP contribution >= 0.6 is 0 Å². The molecular weight excluding hydrogens is 328 g/mol. The molecule has 26 heavy (non-hydrogen) atoms. The summed E-state index contributed by atoms with van der Waals surface area (Å²) in [6.07, 6.45) is 6.74. The largest absolute Gasteiger partial charge is 0.323 e. The third kappa shape index (κ3) is 3.20. The monoisotopic (exact) mass is 350 g/mol. The van der Waals surface area contributed by atoms with E-state index in [1.807, 2.05) is 59.1 Å². The Morgan fingerprint density at radius 3 is 2.88 bits per heavy atom. The molecule has 2 amide bonds. The van der Waals surface area contributed by atoms with Gasteiger partial charge in [-0.25, -0.2) is 9.48 Å². The molecule has 3 aromatic rings. The van der Waals surface area contributed by atoms with Crippen LogP contribution in [0.2, 0.25) is 0 Å². The number of H-pyrrole nitrogens is 1. The van der Waals surface area contributed by atoms with E-state index in [0.29, 0.717) is 5.82 Å². The van der Waals surface area contributed by atoms with Crippen LogP contribution in [0.1, 0.15) is 36.6 Å². The summed E-state index contributed by atoms with van der Waals surface area (Å²) in [5.74, 6) is 0.563. The Balaban J connectivity index is 1.52. The van der Waals surface area contributed by atoms with E-state index in [-0.39, 0.29) is 12.1 Å². The zero-order valence-corrected chi connectivity index (χ0v) is 14.7. The molecule has 0 aliphatic carbocycles. The molecule has 0 saturated carbocycles. The highest BCUT2D eigenvalue weighted by Crippen LogP contribution is 2.30. The van der Waals surface area contributed by atoms with Crippen molar-refractivity contribution < 1.29 is 4.79 Å². The second-order valence-corrected chi connectivity index (χ2v) is 6.59. The Labute approximate surface area is 152 Å². The van der Waals surface area contributed by atoms with E-state index in [0.717, 1.165) is 42.8 Å². The molecule has 1 atom stereocenters. The summed E-state index contributed by atoms with van der Waals surface area (Å²) in [7, 11) is 0. The lowest BCUT2D eigenvalue weighted by Crippen LogP contribution is -2.41. The molecule has 1 saturated heterocycles. The molecule has 134 valence electrons. The van der Waals surface area contributed by atoms with Gasteiger partial charge in [0.15, 0.2) is 5.82 Å². The highest BCUT2D eigenvalue weighted by atomic mass is 16.2. The van der Waals surface area contributed by atoms with Gasteiger partial charge in [-0.2, -0.15) is 5.10 Å². The van der Waals surface area contributed by atoms with Crippen LogP contribution in [0.25, 0.3) is 5.69 Å². The topological polar surface area (TPSA) is 78.8 Å². The Morgan fingerprint density at radius 2 is 2.12 bits per heavy atom. The van der Waals surface area contributed by atoms with Gasteiger partial charge in [0.25, 0.3) is 0 Å². The van der Waals surface area contributed by atoms with E-state index in [1.54, 1.807) is 6.20 Å². The number of para-hydroxylation sites is 1. The number of hydrogen-bond acceptors (Lipinski definition) is 3. The number of amides is 2. The number of aromatic nitrogens is 4. The summed E-state index contributed by atoms with van der Waals surface area (Å²) in [6, 6.07) is 11.7. The molecular formula is C19H22N6O. The minimum atomic E-state index is -0.117. The number of carbonyl (C=O) groups excluding carboxylic acids is 1. The Hall–Kier alpha value is -3.09. The molecule has 1 aliphatic rings. The number of piperidine rings is 1. The van der Waals surface area contributed by atoms with Crippen molar-refractivity contribution in [3.05, 3.63) is 60.0 Å². The first-order valence-corrected chi connectivity index (χ1v) is 8.91. The number of nitrogens with zero attached hydrogens (tertiary/aromatic N) is 4. The third-order valence-electron chi connectivity index (χ3n) is 4.79. The first kappa shape index (κ1) is 16.4. The molecule has 0 spiro atoms. The first-order chi connectivity index (χ1) is 12.7. The summed E-state index contributed by atoms with van der Waals surface area (Å²) < 4.78 is 1.83. The van der Waals surface area contributed by atoms with Crippen molar-refractivity contribution in [2.75, 3.05) is 11.9 Å². The van der Waals surface area contributed by atoms with Crippen LogP contribution in [0.3, 0.4) is 0 Å². The highest BCUT2D eigenvalue weighted by Gasteiger charge is 2.29. The van der Waals surface area contributed by atoms with Crippen LogP contribution in [0.4, 0.5) is 10.6 Å². The molecule has 2 N–H and O–H groups in total. The van der Waals surface area contributed by atoms with Gasteiger partial charge >= 0.3 is 6.03 Å². The van der Waals surface area contributed by atoms with Gasteiger partial charge in [0.2, 0.25) is 0 Å². The number of nitrogens with one attached hydrogen (secondary N) is 2. The van der Waals surface area contributed by atoms with Crippen molar-refractivity contribution in [3.63, 3.8) is 0 Å². The van der Waals surface area contributed by atoms with E-state index in [2.05, 4.69) is 20.6 Å². The molecule has 4 rings (SSSR count). The number of urea groups is 1.